The molecule has 0 aromatic heterocycles. The normalized spacial score (nSPS) is 18.6. The van der Waals surface area contributed by atoms with E-state index >= 15 is 0 Å². The molecule has 0 N–H and O–H groups in total. The Labute approximate surface area is 150 Å². The summed E-state index contributed by atoms with van der Waals surface area (Å²) < 4.78 is 14.7. The predicted molar refractivity (Wildman–Crippen MR) is 96.3 cm³/mol. The van der Waals surface area contributed by atoms with Gasteiger partial charge in [-0.15, -0.1) is 0 Å². The first kappa shape index (κ1) is 17.1. The molecular weight excluding hydrogens is 371 g/mol. The van der Waals surface area contributed by atoms with Crippen LogP contribution in [0.5, 0.6) is 0 Å². The third-order valence-electron chi connectivity index (χ3n) is 4.38. The number of carbonyl (C=O) groups is 1. The van der Waals surface area contributed by atoms with Gasteiger partial charge in [0.2, 0.25) is 0 Å². The van der Waals surface area contributed by atoms with E-state index in [2.05, 4.69) is 33.0 Å². The second-order valence-corrected chi connectivity index (χ2v) is 7.11. The maximum Gasteiger partial charge on any atom is 0.257 e. The molecule has 126 valence electrons. The first-order chi connectivity index (χ1) is 11.5. The Balaban J connectivity index is 1.66. The molecule has 0 saturated carbocycles. The van der Waals surface area contributed by atoms with Crippen molar-refractivity contribution >= 4 is 21.8 Å². The topological polar surface area (TPSA) is 23.6 Å². The summed E-state index contributed by atoms with van der Waals surface area (Å²) in [6, 6.07) is 14.9. The molecule has 1 amide bonds. The molecule has 2 aromatic rings. The predicted octanol–water partition coefficient (Wildman–Crippen LogP) is 3.93. The molecule has 1 atom stereocenters. The Morgan fingerprint density at radius 1 is 1.21 bits per heavy atom. The first-order valence-electron chi connectivity index (χ1n) is 8.07. The van der Waals surface area contributed by atoms with Gasteiger partial charge >= 0.3 is 0 Å². The molecule has 1 aliphatic rings. The van der Waals surface area contributed by atoms with Gasteiger partial charge in [0.25, 0.3) is 5.91 Å². The smallest absolute Gasteiger partial charge is 0.257 e. The van der Waals surface area contributed by atoms with Crippen molar-refractivity contribution in [2.75, 3.05) is 19.6 Å². The number of benzene rings is 2. The van der Waals surface area contributed by atoms with Crippen molar-refractivity contribution in [3.63, 3.8) is 0 Å². The Bertz CT molecular complexity index is 723. The molecule has 0 bridgehead atoms. The van der Waals surface area contributed by atoms with Gasteiger partial charge in [-0.1, -0.05) is 46.3 Å². The van der Waals surface area contributed by atoms with E-state index in [9.17, 15) is 9.18 Å². The van der Waals surface area contributed by atoms with Gasteiger partial charge < -0.3 is 4.90 Å². The van der Waals surface area contributed by atoms with Gasteiger partial charge in [-0.25, -0.2) is 4.39 Å². The van der Waals surface area contributed by atoms with Gasteiger partial charge in [0.05, 0.1) is 5.56 Å². The number of nitrogens with zero attached hydrogens (tertiary/aromatic N) is 2. The number of amides is 1. The molecule has 0 aliphatic carbocycles. The molecule has 5 heteroatoms. The maximum atomic E-state index is 14.1. The van der Waals surface area contributed by atoms with Crippen molar-refractivity contribution in [3.05, 3.63) is 69.9 Å². The maximum absolute atomic E-state index is 14.1. The fraction of sp³-hybridized carbons (Fsp3) is 0.316. The van der Waals surface area contributed by atoms with Crippen molar-refractivity contribution in [2.24, 2.45) is 0 Å². The van der Waals surface area contributed by atoms with Crippen LogP contribution < -0.4 is 0 Å². The average molecular weight is 391 g/mol. The van der Waals surface area contributed by atoms with E-state index in [1.807, 2.05) is 25.1 Å². The Morgan fingerprint density at radius 3 is 2.62 bits per heavy atom. The second kappa shape index (κ2) is 7.45. The molecule has 1 fully saturated rings. The summed E-state index contributed by atoms with van der Waals surface area (Å²) in [6.45, 7) is 5.09. The third kappa shape index (κ3) is 3.84. The quantitative estimate of drug-likeness (QED) is 0.792. The minimum atomic E-state index is -0.478. The van der Waals surface area contributed by atoms with Gasteiger partial charge in [0.1, 0.15) is 5.82 Å². The van der Waals surface area contributed by atoms with Gasteiger partial charge in [0.15, 0.2) is 0 Å². The first-order valence-corrected chi connectivity index (χ1v) is 8.86. The lowest BCUT2D eigenvalue weighted by molar-refractivity contribution is 0.0471. The molecule has 24 heavy (non-hydrogen) atoms. The SMILES string of the molecule is C[C@@H]1CN(Cc2ccccc2)CCN1C(=O)c1ccc(Br)cc1F. The van der Waals surface area contributed by atoms with Crippen LogP contribution in [0, 0.1) is 5.82 Å². The van der Waals surface area contributed by atoms with Crippen molar-refractivity contribution in [1.29, 1.82) is 0 Å². The Morgan fingerprint density at radius 2 is 1.96 bits per heavy atom. The summed E-state index contributed by atoms with van der Waals surface area (Å²) in [5, 5.41) is 0. The second-order valence-electron chi connectivity index (χ2n) is 6.19. The molecule has 1 heterocycles. The van der Waals surface area contributed by atoms with Crippen LogP contribution in [0.1, 0.15) is 22.8 Å². The summed E-state index contributed by atoms with van der Waals surface area (Å²) in [4.78, 5) is 16.8. The fourth-order valence-electron chi connectivity index (χ4n) is 3.14. The summed E-state index contributed by atoms with van der Waals surface area (Å²) in [5.41, 5.74) is 1.41. The monoisotopic (exact) mass is 390 g/mol. The minimum Gasteiger partial charge on any atom is -0.333 e. The van der Waals surface area contributed by atoms with Gasteiger partial charge in [0, 0.05) is 36.7 Å². The van der Waals surface area contributed by atoms with Crippen LogP contribution in [0.4, 0.5) is 4.39 Å². The molecule has 1 saturated heterocycles. The molecular formula is C19H20BrFN2O. The highest BCUT2D eigenvalue weighted by molar-refractivity contribution is 9.10. The standard InChI is InChI=1S/C19H20BrFN2O/c1-14-12-22(13-15-5-3-2-4-6-15)9-10-23(14)19(24)17-8-7-16(20)11-18(17)21/h2-8,11,14H,9-10,12-13H2,1H3/t14-/m1/s1. The van der Waals surface area contributed by atoms with E-state index < -0.39 is 5.82 Å². The largest absolute Gasteiger partial charge is 0.333 e. The van der Waals surface area contributed by atoms with Crippen LogP contribution in [-0.4, -0.2) is 41.4 Å². The number of hydrogen-bond acceptors (Lipinski definition) is 2. The number of rotatable bonds is 3. The molecule has 3 rings (SSSR count). The van der Waals surface area contributed by atoms with Crippen molar-refractivity contribution in [1.82, 2.24) is 9.80 Å². The zero-order chi connectivity index (χ0) is 17.1. The third-order valence-corrected chi connectivity index (χ3v) is 4.88. The van der Waals surface area contributed by atoms with Crippen LogP contribution in [-0.2, 0) is 6.54 Å². The van der Waals surface area contributed by atoms with E-state index in [-0.39, 0.29) is 17.5 Å². The molecule has 0 spiro atoms. The summed E-state index contributed by atoms with van der Waals surface area (Å²) in [5.74, 6) is -0.708. The van der Waals surface area contributed by atoms with Crippen molar-refractivity contribution in [2.45, 2.75) is 19.5 Å². The molecule has 2 aromatic carbocycles. The number of carbonyl (C=O) groups excluding carboxylic acids is 1. The Hall–Kier alpha value is -1.72. The fourth-order valence-corrected chi connectivity index (χ4v) is 3.47. The van der Waals surface area contributed by atoms with E-state index in [0.29, 0.717) is 11.0 Å². The highest BCUT2D eigenvalue weighted by atomic mass is 79.9. The van der Waals surface area contributed by atoms with Crippen molar-refractivity contribution in [3.8, 4) is 0 Å². The van der Waals surface area contributed by atoms with Gasteiger partial charge in [-0.2, -0.15) is 0 Å². The number of halogens is 2. The van der Waals surface area contributed by atoms with Crippen LogP contribution >= 0.6 is 15.9 Å². The summed E-state index contributed by atoms with van der Waals surface area (Å²) in [7, 11) is 0. The highest BCUT2D eigenvalue weighted by Gasteiger charge is 2.29. The van der Waals surface area contributed by atoms with E-state index in [4.69, 9.17) is 0 Å². The zero-order valence-electron chi connectivity index (χ0n) is 13.6. The lowest BCUT2D eigenvalue weighted by Gasteiger charge is -2.40. The van der Waals surface area contributed by atoms with Crippen LogP contribution in [0.15, 0.2) is 53.0 Å². The lowest BCUT2D eigenvalue weighted by atomic mass is 10.1. The zero-order valence-corrected chi connectivity index (χ0v) is 15.2. The Kier molecular flexibility index (Phi) is 5.31. The average Bonchev–Trinajstić information content (AvgIpc) is 2.55. The molecule has 1 aliphatic heterocycles. The van der Waals surface area contributed by atoms with Crippen molar-refractivity contribution < 1.29 is 9.18 Å². The number of hydrogen-bond donors (Lipinski definition) is 0. The minimum absolute atomic E-state index is 0.0537. The van der Waals surface area contributed by atoms with Crippen LogP contribution in [0.2, 0.25) is 0 Å². The summed E-state index contributed by atoms with van der Waals surface area (Å²) in [6.07, 6.45) is 0. The molecule has 0 unspecified atom stereocenters. The molecule has 0 radical (unpaired) electrons. The lowest BCUT2D eigenvalue weighted by Crippen LogP contribution is -2.53. The summed E-state index contributed by atoms with van der Waals surface area (Å²) >= 11 is 3.22. The van der Waals surface area contributed by atoms with Gasteiger partial charge in [-0.05, 0) is 30.7 Å². The van der Waals surface area contributed by atoms with Gasteiger partial charge in [-0.3, -0.25) is 9.69 Å². The highest BCUT2D eigenvalue weighted by Crippen LogP contribution is 2.20. The van der Waals surface area contributed by atoms with E-state index in [1.54, 1.807) is 17.0 Å². The van der Waals surface area contributed by atoms with Crippen LogP contribution in [0.25, 0.3) is 0 Å². The molecule has 3 nitrogen and oxygen atoms in total. The van der Waals surface area contributed by atoms with Crippen LogP contribution in [0.3, 0.4) is 0 Å². The van der Waals surface area contributed by atoms with E-state index in [0.717, 1.165) is 19.6 Å². The number of piperazine rings is 1. The van der Waals surface area contributed by atoms with E-state index in [1.165, 1.54) is 11.6 Å².